The molecule has 3 aliphatic heterocycles. The summed E-state index contributed by atoms with van der Waals surface area (Å²) in [5.41, 5.74) is 2.87. The van der Waals surface area contributed by atoms with Gasteiger partial charge in [-0.05, 0) is 54.6 Å². The van der Waals surface area contributed by atoms with Crippen LogP contribution < -0.4 is 24.8 Å². The molecule has 10 nitrogen and oxygen atoms in total. The Morgan fingerprint density at radius 2 is 1.43 bits per heavy atom. The van der Waals surface area contributed by atoms with E-state index in [2.05, 4.69) is 68.4 Å². The zero-order valence-electron chi connectivity index (χ0n) is 23.7. The van der Waals surface area contributed by atoms with E-state index in [1.54, 1.807) is 20.4 Å². The van der Waals surface area contributed by atoms with Crippen LogP contribution in [-0.4, -0.2) is 60.6 Å². The topological polar surface area (TPSA) is 100 Å². The maximum Gasteiger partial charge on any atom is 0.176 e. The van der Waals surface area contributed by atoms with Gasteiger partial charge in [-0.25, -0.2) is 4.98 Å². The van der Waals surface area contributed by atoms with Gasteiger partial charge in [-0.2, -0.15) is 0 Å². The molecule has 0 saturated carbocycles. The summed E-state index contributed by atoms with van der Waals surface area (Å²) in [6.45, 7) is 1.88. The highest BCUT2D eigenvalue weighted by atomic mass is 79.9. The van der Waals surface area contributed by atoms with Crippen LogP contribution >= 0.6 is 60.0 Å². The molecule has 0 saturated heterocycles. The molecule has 44 heavy (non-hydrogen) atoms. The number of aromatic nitrogens is 2. The molecular weight excluding hydrogens is 782 g/mol. The molecular formula is C30H28Br3N5O5S. The van der Waals surface area contributed by atoms with E-state index in [0.29, 0.717) is 26.4 Å². The predicted octanol–water partition coefficient (Wildman–Crippen LogP) is 7.38. The molecule has 0 bridgehead atoms. The first kappa shape index (κ1) is 32.4. The van der Waals surface area contributed by atoms with Crippen LogP contribution in [0.15, 0.2) is 85.4 Å². The van der Waals surface area contributed by atoms with Gasteiger partial charge in [0.2, 0.25) is 0 Å². The van der Waals surface area contributed by atoms with Gasteiger partial charge in [0.1, 0.15) is 47.9 Å². The Morgan fingerprint density at radius 3 is 2.11 bits per heavy atom. The van der Waals surface area contributed by atoms with Gasteiger partial charge in [-0.1, -0.05) is 60.0 Å². The third-order valence-electron chi connectivity index (χ3n) is 6.37. The molecule has 230 valence electrons. The summed E-state index contributed by atoms with van der Waals surface area (Å²) >= 11 is 15.2. The molecule has 0 spiro atoms. The number of methoxy groups -OCH3 is 2. The van der Waals surface area contributed by atoms with Crippen molar-refractivity contribution in [2.45, 2.75) is 12.9 Å². The molecule has 0 aliphatic carbocycles. The van der Waals surface area contributed by atoms with Crippen molar-refractivity contribution in [1.29, 1.82) is 0 Å². The van der Waals surface area contributed by atoms with E-state index in [9.17, 15) is 0 Å². The third-order valence-corrected chi connectivity index (χ3v) is 8.07. The molecule has 0 radical (unpaired) electrons. The molecule has 3 aliphatic rings. The molecule has 4 heterocycles. The molecule has 14 heteroatoms. The number of thiocarbonyl (C=S) groups is 1. The van der Waals surface area contributed by atoms with Crippen molar-refractivity contribution in [3.05, 3.63) is 86.2 Å². The number of aliphatic imine (C=N–C) groups is 1. The van der Waals surface area contributed by atoms with E-state index in [0.717, 1.165) is 64.4 Å². The molecule has 0 unspecified atom stereocenters. The highest BCUT2D eigenvalue weighted by molar-refractivity contribution is 9.11. The number of ether oxygens (including phenoxy) is 5. The van der Waals surface area contributed by atoms with Gasteiger partial charge in [-0.15, -0.1) is 0 Å². The molecule has 4 aromatic rings. The van der Waals surface area contributed by atoms with Crippen LogP contribution in [0.1, 0.15) is 5.82 Å². The van der Waals surface area contributed by atoms with Crippen molar-refractivity contribution in [2.75, 3.05) is 44.6 Å². The quantitative estimate of drug-likeness (QED) is 0.162. The van der Waals surface area contributed by atoms with E-state index in [1.165, 1.54) is 0 Å². The van der Waals surface area contributed by atoms with E-state index < -0.39 is 0 Å². The molecule has 7 rings (SSSR count). The minimum atomic E-state index is -0.330. The molecule has 0 atom stereocenters. The number of hydrogen-bond donors (Lipinski definition) is 2. The number of fused-ring (bicyclic) bond motifs is 5. The Labute approximate surface area is 285 Å². The summed E-state index contributed by atoms with van der Waals surface area (Å²) in [4.78, 5) is 9.30. The third kappa shape index (κ3) is 8.37. The lowest BCUT2D eigenvalue weighted by molar-refractivity contribution is -0.0937. The van der Waals surface area contributed by atoms with Gasteiger partial charge >= 0.3 is 0 Å². The number of imidazole rings is 1. The first-order valence-electron chi connectivity index (χ1n) is 13.3. The van der Waals surface area contributed by atoms with Crippen molar-refractivity contribution in [3.8, 4) is 22.9 Å². The average molecular weight is 810 g/mol. The van der Waals surface area contributed by atoms with Crippen LogP contribution in [0.5, 0.6) is 17.2 Å². The van der Waals surface area contributed by atoms with E-state index in [1.807, 2.05) is 65.4 Å². The Balaban J connectivity index is 0.000000134. The largest absolute Gasteiger partial charge is 0.484 e. The van der Waals surface area contributed by atoms with Gasteiger partial charge in [0.05, 0.1) is 23.6 Å². The Kier molecular flexibility index (Phi) is 11.3. The zero-order chi connectivity index (χ0) is 31.1. The molecule has 0 fully saturated rings. The molecule has 2 N–H and O–H groups in total. The van der Waals surface area contributed by atoms with Gasteiger partial charge in [0.25, 0.3) is 0 Å². The highest BCUT2D eigenvalue weighted by Crippen LogP contribution is 2.33. The van der Waals surface area contributed by atoms with Crippen LogP contribution in [0, 0.1) is 0 Å². The van der Waals surface area contributed by atoms with E-state index in [4.69, 9.17) is 35.9 Å². The summed E-state index contributed by atoms with van der Waals surface area (Å²) in [5.74, 6) is 4.29. The summed E-state index contributed by atoms with van der Waals surface area (Å²) in [6.07, 6.45) is 3.40. The fourth-order valence-electron chi connectivity index (χ4n) is 4.24. The minimum absolute atomic E-state index is 0.330. The second-order valence-electron chi connectivity index (χ2n) is 9.33. The van der Waals surface area contributed by atoms with Crippen molar-refractivity contribution >= 4 is 82.2 Å². The van der Waals surface area contributed by atoms with Crippen LogP contribution in [0.3, 0.4) is 0 Å². The smallest absolute Gasteiger partial charge is 0.176 e. The Hall–Kier alpha value is -3.01. The van der Waals surface area contributed by atoms with Crippen molar-refractivity contribution < 1.29 is 23.7 Å². The zero-order valence-corrected chi connectivity index (χ0v) is 29.3. The van der Waals surface area contributed by atoms with Crippen molar-refractivity contribution in [1.82, 2.24) is 9.55 Å². The van der Waals surface area contributed by atoms with Crippen LogP contribution in [0.25, 0.3) is 5.69 Å². The Bertz CT molecular complexity index is 1660. The summed E-state index contributed by atoms with van der Waals surface area (Å²) in [6, 6.07) is 17.6. The maximum atomic E-state index is 5.59. The second kappa shape index (κ2) is 15.3. The SMILES string of the molecule is Brc1ccc2c(c1)-n1ccnc1CO2.COC(CN=C1COc2ccc(Br)cc2N1)OC.S=C1COc2ccc(Br)cc2N1. The minimum Gasteiger partial charge on any atom is -0.484 e. The normalized spacial score (nSPS) is 14.8. The van der Waals surface area contributed by atoms with Gasteiger partial charge in [0.15, 0.2) is 12.1 Å². The lowest BCUT2D eigenvalue weighted by atomic mass is 10.2. The average Bonchev–Trinajstić information content (AvgIpc) is 3.52. The highest BCUT2D eigenvalue weighted by Gasteiger charge is 2.17. The van der Waals surface area contributed by atoms with Gasteiger partial charge in [0, 0.05) is 40.0 Å². The fourth-order valence-corrected chi connectivity index (χ4v) is 5.48. The number of hydrogen-bond acceptors (Lipinski definition) is 8. The number of nitrogens with zero attached hydrogens (tertiary/aromatic N) is 3. The van der Waals surface area contributed by atoms with E-state index >= 15 is 0 Å². The summed E-state index contributed by atoms with van der Waals surface area (Å²) < 4.78 is 31.8. The van der Waals surface area contributed by atoms with Gasteiger partial charge < -0.3 is 34.3 Å². The molecule has 0 amide bonds. The van der Waals surface area contributed by atoms with Crippen molar-refractivity contribution in [3.63, 3.8) is 0 Å². The monoisotopic (exact) mass is 807 g/mol. The predicted molar refractivity (Wildman–Crippen MR) is 185 cm³/mol. The fraction of sp³-hybridized carbons (Fsp3) is 0.233. The molecule has 3 aromatic carbocycles. The van der Waals surface area contributed by atoms with E-state index in [-0.39, 0.29) is 6.29 Å². The van der Waals surface area contributed by atoms with Crippen LogP contribution in [0.4, 0.5) is 11.4 Å². The summed E-state index contributed by atoms with van der Waals surface area (Å²) in [7, 11) is 3.18. The standard InChI is InChI=1S/C12H15BrN2O3.C10H7BrN2O.C8H6BrNOS/c1-16-12(17-2)6-14-11-7-18-10-4-3-8(13)5-9(10)15-11;11-7-1-2-9-8(5-7)13-4-3-12-10(13)6-14-9;9-5-1-2-7-6(3-5)10-8(12)4-11-7/h3-5,12H,6-7H2,1-2H3,(H,14,15);1-5H,6H2;1-3H,4H2,(H,10,12). The first-order chi connectivity index (χ1) is 21.3. The lowest BCUT2D eigenvalue weighted by Gasteiger charge is -2.21. The number of halogens is 3. The number of anilines is 2. The van der Waals surface area contributed by atoms with Crippen LogP contribution in [0.2, 0.25) is 0 Å². The Morgan fingerprint density at radius 1 is 0.841 bits per heavy atom. The van der Waals surface area contributed by atoms with Gasteiger partial charge in [-0.3, -0.25) is 9.56 Å². The summed E-state index contributed by atoms with van der Waals surface area (Å²) in [5, 5.41) is 6.30. The first-order valence-corrected chi connectivity index (χ1v) is 16.1. The number of benzene rings is 3. The number of amidine groups is 1. The molecule has 1 aromatic heterocycles. The lowest BCUT2D eigenvalue weighted by Crippen LogP contribution is -2.28. The number of nitrogens with one attached hydrogen (secondary N) is 2. The maximum absolute atomic E-state index is 5.59. The van der Waals surface area contributed by atoms with Crippen LogP contribution in [-0.2, 0) is 16.1 Å². The van der Waals surface area contributed by atoms with Crippen molar-refractivity contribution in [2.24, 2.45) is 4.99 Å². The second-order valence-corrected chi connectivity index (χ2v) is 12.6. The number of rotatable bonds is 4.